The molecule has 0 bridgehead atoms. The van der Waals surface area contributed by atoms with Crippen molar-refractivity contribution in [2.24, 2.45) is 7.05 Å². The molecular weight excluding hydrogens is 360 g/mol. The highest BCUT2D eigenvalue weighted by molar-refractivity contribution is 5.76. The van der Waals surface area contributed by atoms with E-state index in [4.69, 9.17) is 4.74 Å². The fourth-order valence-corrected chi connectivity index (χ4v) is 3.54. The number of anilines is 1. The summed E-state index contributed by atoms with van der Waals surface area (Å²) in [5.41, 5.74) is 2.69. The van der Waals surface area contributed by atoms with Gasteiger partial charge >= 0.3 is 5.69 Å². The van der Waals surface area contributed by atoms with Gasteiger partial charge in [-0.25, -0.2) is 4.79 Å². The van der Waals surface area contributed by atoms with Crippen LogP contribution in [0.5, 0.6) is 5.75 Å². The Morgan fingerprint density at radius 1 is 1.18 bits per heavy atom. The minimum absolute atomic E-state index is 0.373. The van der Waals surface area contributed by atoms with E-state index in [0.717, 1.165) is 22.8 Å². The summed E-state index contributed by atoms with van der Waals surface area (Å²) in [4.78, 5) is 31.3. The average molecular weight is 382 g/mol. The second-order valence-corrected chi connectivity index (χ2v) is 6.69. The monoisotopic (exact) mass is 382 g/mol. The predicted octanol–water partition coefficient (Wildman–Crippen LogP) is 1.41. The third kappa shape index (κ3) is 2.58. The molecular formula is C19H22N6O3. The van der Waals surface area contributed by atoms with Crippen molar-refractivity contribution in [2.45, 2.75) is 20.4 Å². The van der Waals surface area contributed by atoms with Crippen molar-refractivity contribution in [1.29, 1.82) is 0 Å². The highest BCUT2D eigenvalue weighted by Crippen LogP contribution is 2.23. The molecule has 0 unspecified atom stereocenters. The molecule has 1 aromatic carbocycles. The number of hydrogen-bond donors (Lipinski definition) is 2. The van der Waals surface area contributed by atoms with Crippen molar-refractivity contribution in [3.8, 4) is 5.75 Å². The van der Waals surface area contributed by atoms with Crippen LogP contribution in [-0.4, -0.2) is 37.2 Å². The topological polar surface area (TPSA) is 98.4 Å². The van der Waals surface area contributed by atoms with Crippen molar-refractivity contribution in [2.75, 3.05) is 19.0 Å². The maximum absolute atomic E-state index is 12.4. The number of benzene rings is 1. The van der Waals surface area contributed by atoms with Crippen LogP contribution >= 0.6 is 0 Å². The van der Waals surface area contributed by atoms with Gasteiger partial charge in [0, 0.05) is 31.5 Å². The minimum atomic E-state index is -0.475. The Balaban J connectivity index is 1.75. The van der Waals surface area contributed by atoms with Gasteiger partial charge in [0.1, 0.15) is 5.75 Å². The van der Waals surface area contributed by atoms with Crippen LogP contribution in [0.25, 0.3) is 16.9 Å². The number of imidazole rings is 2. The zero-order valence-electron chi connectivity index (χ0n) is 16.2. The molecule has 28 heavy (non-hydrogen) atoms. The number of nitrogens with one attached hydrogen (secondary N) is 2. The van der Waals surface area contributed by atoms with E-state index in [0.29, 0.717) is 30.0 Å². The highest BCUT2D eigenvalue weighted by Gasteiger charge is 2.20. The molecule has 0 aliphatic rings. The first-order valence-corrected chi connectivity index (χ1v) is 8.98. The smallest absolute Gasteiger partial charge is 0.329 e. The number of aromatic amines is 1. The van der Waals surface area contributed by atoms with Gasteiger partial charge in [-0.05, 0) is 26.0 Å². The Bertz CT molecular complexity index is 1310. The molecule has 9 nitrogen and oxygen atoms in total. The molecule has 0 radical (unpaired) electrons. The fourth-order valence-electron chi connectivity index (χ4n) is 3.54. The van der Waals surface area contributed by atoms with Crippen molar-refractivity contribution in [3.63, 3.8) is 0 Å². The van der Waals surface area contributed by atoms with Crippen LogP contribution in [0.1, 0.15) is 11.4 Å². The molecule has 0 atom stereocenters. The molecule has 0 spiro atoms. The normalized spacial score (nSPS) is 11.4. The molecule has 4 rings (SSSR count). The molecule has 2 N–H and O–H groups in total. The Kier molecular flexibility index (Phi) is 4.21. The van der Waals surface area contributed by atoms with E-state index >= 15 is 0 Å². The molecule has 146 valence electrons. The summed E-state index contributed by atoms with van der Waals surface area (Å²) in [5, 5.41) is 3.37. The van der Waals surface area contributed by atoms with Gasteiger partial charge < -0.3 is 14.6 Å². The van der Waals surface area contributed by atoms with Crippen LogP contribution in [0.15, 0.2) is 33.9 Å². The van der Waals surface area contributed by atoms with E-state index in [1.165, 1.54) is 4.57 Å². The number of ether oxygens (including phenoxy) is 1. The first-order chi connectivity index (χ1) is 13.4. The summed E-state index contributed by atoms with van der Waals surface area (Å²) in [5.74, 6) is 1.42. The van der Waals surface area contributed by atoms with Crippen molar-refractivity contribution < 1.29 is 4.74 Å². The number of hydrogen-bond acceptors (Lipinski definition) is 5. The Labute approximate surface area is 160 Å². The van der Waals surface area contributed by atoms with Gasteiger partial charge in [0.05, 0.1) is 12.8 Å². The average Bonchev–Trinajstić information content (AvgIpc) is 3.18. The molecule has 0 saturated heterocycles. The van der Waals surface area contributed by atoms with Crippen LogP contribution in [-0.2, 0) is 13.6 Å². The van der Waals surface area contributed by atoms with E-state index in [2.05, 4.69) is 15.3 Å². The first-order valence-electron chi connectivity index (χ1n) is 8.98. The van der Waals surface area contributed by atoms with Gasteiger partial charge in [0.15, 0.2) is 11.2 Å². The maximum Gasteiger partial charge on any atom is 0.329 e. The van der Waals surface area contributed by atoms with Gasteiger partial charge in [0.25, 0.3) is 5.56 Å². The molecule has 3 aromatic heterocycles. The van der Waals surface area contributed by atoms with Crippen LogP contribution in [0, 0.1) is 13.8 Å². The quantitative estimate of drug-likeness (QED) is 0.544. The number of para-hydroxylation sites is 2. The molecule has 0 amide bonds. The summed E-state index contributed by atoms with van der Waals surface area (Å²) in [7, 11) is 3.24. The lowest BCUT2D eigenvalue weighted by Crippen LogP contribution is -2.28. The van der Waals surface area contributed by atoms with Gasteiger partial charge in [-0.3, -0.25) is 18.7 Å². The zero-order chi connectivity index (χ0) is 20.0. The fraction of sp³-hybridized carbons (Fsp3) is 0.316. The Morgan fingerprint density at radius 3 is 2.68 bits per heavy atom. The maximum atomic E-state index is 12.4. The molecule has 0 fully saturated rings. The minimum Gasteiger partial charge on any atom is -0.495 e. The van der Waals surface area contributed by atoms with Gasteiger partial charge in [-0.1, -0.05) is 12.1 Å². The lowest BCUT2D eigenvalue weighted by atomic mass is 10.3. The van der Waals surface area contributed by atoms with E-state index < -0.39 is 11.2 Å². The second-order valence-electron chi connectivity index (χ2n) is 6.69. The van der Waals surface area contributed by atoms with E-state index in [9.17, 15) is 9.59 Å². The highest BCUT2D eigenvalue weighted by atomic mass is 16.5. The van der Waals surface area contributed by atoms with Crippen molar-refractivity contribution in [1.82, 2.24) is 23.5 Å². The lowest BCUT2D eigenvalue weighted by molar-refractivity contribution is 0.416. The molecule has 0 aliphatic heterocycles. The number of aromatic nitrogens is 5. The van der Waals surface area contributed by atoms with Crippen LogP contribution in [0.2, 0.25) is 0 Å². The van der Waals surface area contributed by atoms with Gasteiger partial charge in [-0.15, -0.1) is 0 Å². The third-order valence-corrected chi connectivity index (χ3v) is 5.16. The molecule has 0 saturated carbocycles. The summed E-state index contributed by atoms with van der Waals surface area (Å²) in [6.07, 6.45) is 0. The Hall–Kier alpha value is -3.49. The van der Waals surface area contributed by atoms with Crippen molar-refractivity contribution >= 4 is 22.6 Å². The molecule has 0 aliphatic carbocycles. The van der Waals surface area contributed by atoms with Crippen LogP contribution < -0.4 is 21.3 Å². The summed E-state index contributed by atoms with van der Waals surface area (Å²) >= 11 is 0. The number of methoxy groups -OCH3 is 1. The van der Waals surface area contributed by atoms with Gasteiger partial charge in [0.2, 0.25) is 5.78 Å². The molecule has 4 aromatic rings. The number of aryl methyl sites for hydroxylation is 2. The van der Waals surface area contributed by atoms with Crippen molar-refractivity contribution in [3.05, 3.63) is 56.5 Å². The zero-order valence-corrected chi connectivity index (χ0v) is 16.2. The number of rotatable bonds is 5. The largest absolute Gasteiger partial charge is 0.495 e. The van der Waals surface area contributed by atoms with Gasteiger partial charge in [-0.2, -0.15) is 4.98 Å². The number of H-pyrrole nitrogens is 1. The number of fused-ring (bicyclic) bond motifs is 3. The Morgan fingerprint density at radius 2 is 1.93 bits per heavy atom. The van der Waals surface area contributed by atoms with E-state index in [1.807, 2.05) is 47.1 Å². The predicted molar refractivity (Wildman–Crippen MR) is 108 cm³/mol. The third-order valence-electron chi connectivity index (χ3n) is 5.16. The van der Waals surface area contributed by atoms with Crippen LogP contribution in [0.3, 0.4) is 0 Å². The van der Waals surface area contributed by atoms with E-state index in [1.54, 1.807) is 14.2 Å². The lowest BCUT2D eigenvalue weighted by Gasteiger charge is -2.12. The van der Waals surface area contributed by atoms with Crippen LogP contribution in [0.4, 0.5) is 5.69 Å². The SMILES string of the molecule is COc1ccccc1NCCn1c(C)c(C)n2c3c(=O)[nH]c(=O)n(C)c3nc12. The van der Waals surface area contributed by atoms with E-state index in [-0.39, 0.29) is 0 Å². The summed E-state index contributed by atoms with van der Waals surface area (Å²) in [6.45, 7) is 5.22. The summed E-state index contributed by atoms with van der Waals surface area (Å²) < 4.78 is 10.6. The molecule has 9 heteroatoms. The summed E-state index contributed by atoms with van der Waals surface area (Å²) in [6, 6.07) is 7.73. The second kappa shape index (κ2) is 6.59. The number of nitrogens with zero attached hydrogens (tertiary/aromatic N) is 4. The standard InChI is InChI=1S/C19H22N6O3/c1-11-12(2)25-15-16(23(3)19(27)22-17(15)26)21-18(25)24(11)10-9-20-13-7-5-6-8-14(13)28-4/h5-8,20H,9-10H2,1-4H3,(H,22,26,27). The first kappa shape index (κ1) is 17.9. The molecule has 3 heterocycles.